The molecule has 0 bridgehead atoms. The highest BCUT2D eigenvalue weighted by atomic mass is 16.4. The summed E-state index contributed by atoms with van der Waals surface area (Å²) in [5.74, 6) is 1.55. The van der Waals surface area contributed by atoms with Crippen LogP contribution in [-0.2, 0) is 6.54 Å². The highest BCUT2D eigenvalue weighted by Crippen LogP contribution is 2.18. The zero-order valence-electron chi connectivity index (χ0n) is 10.7. The molecule has 2 rings (SSSR count). The van der Waals surface area contributed by atoms with E-state index in [0.29, 0.717) is 18.7 Å². The molecule has 0 radical (unpaired) electrons. The van der Waals surface area contributed by atoms with Gasteiger partial charge in [0.05, 0.1) is 19.1 Å². The summed E-state index contributed by atoms with van der Waals surface area (Å²) in [5, 5.41) is 13.3. The van der Waals surface area contributed by atoms with Crippen molar-refractivity contribution in [3.8, 4) is 0 Å². The number of hydrogen-bond donors (Lipinski definition) is 2. The number of rotatable bonds is 6. The fourth-order valence-corrected chi connectivity index (χ4v) is 1.87. The monoisotopic (exact) mass is 249 g/mol. The van der Waals surface area contributed by atoms with Crippen molar-refractivity contribution >= 4 is 0 Å². The Labute approximate surface area is 107 Å². The van der Waals surface area contributed by atoms with Crippen LogP contribution in [0, 0.1) is 6.92 Å². The topological polar surface area (TPSA) is 58.5 Å². The van der Waals surface area contributed by atoms with E-state index in [9.17, 15) is 5.11 Å². The minimum absolute atomic E-state index is 0.176. The second kappa shape index (κ2) is 5.89. The summed E-state index contributed by atoms with van der Waals surface area (Å²) in [5.41, 5.74) is 1.14. The van der Waals surface area contributed by atoms with Crippen LogP contribution in [0.1, 0.15) is 36.5 Å². The van der Waals surface area contributed by atoms with Gasteiger partial charge in [0, 0.05) is 6.04 Å². The molecule has 0 aliphatic rings. The van der Waals surface area contributed by atoms with E-state index in [1.165, 1.54) is 0 Å². The fraction of sp³-hybridized carbons (Fsp3) is 0.429. The molecule has 2 aromatic rings. The van der Waals surface area contributed by atoms with E-state index in [2.05, 4.69) is 5.32 Å². The van der Waals surface area contributed by atoms with Crippen LogP contribution in [0.5, 0.6) is 0 Å². The molecule has 0 saturated carbocycles. The summed E-state index contributed by atoms with van der Waals surface area (Å²) in [4.78, 5) is 0. The van der Waals surface area contributed by atoms with E-state index in [1.807, 2.05) is 19.9 Å². The Morgan fingerprint density at radius 2 is 2.11 bits per heavy atom. The maximum atomic E-state index is 9.93. The maximum Gasteiger partial charge on any atom is 0.132 e. The summed E-state index contributed by atoms with van der Waals surface area (Å²) >= 11 is 0. The van der Waals surface area contributed by atoms with Gasteiger partial charge in [-0.3, -0.25) is 0 Å². The summed E-state index contributed by atoms with van der Waals surface area (Å²) in [6.07, 6.45) is 3.30. The number of furan rings is 2. The molecule has 0 fully saturated rings. The Hall–Kier alpha value is -1.52. The van der Waals surface area contributed by atoms with Gasteiger partial charge in [0.25, 0.3) is 0 Å². The molecule has 4 heteroatoms. The predicted molar refractivity (Wildman–Crippen MR) is 68.0 cm³/mol. The zero-order chi connectivity index (χ0) is 13.0. The van der Waals surface area contributed by atoms with Gasteiger partial charge in [0.1, 0.15) is 17.6 Å². The third-order valence-electron chi connectivity index (χ3n) is 3.03. The second-order valence-corrected chi connectivity index (χ2v) is 4.58. The molecular formula is C14H19NO3. The standard InChI is InChI=1S/C14H19NO3/c1-10-5-7-18-14(10)9-15-11(2)8-12(16)13-4-3-6-17-13/h3-7,11-12,15-16H,8-9H2,1-2H3. The van der Waals surface area contributed by atoms with Crippen LogP contribution in [-0.4, -0.2) is 11.1 Å². The lowest BCUT2D eigenvalue weighted by Crippen LogP contribution is -2.27. The highest BCUT2D eigenvalue weighted by Gasteiger charge is 2.14. The SMILES string of the molecule is Cc1ccoc1CNC(C)CC(O)c1ccco1. The first kappa shape index (κ1) is 12.9. The Morgan fingerprint density at radius 3 is 2.72 bits per heavy atom. The lowest BCUT2D eigenvalue weighted by molar-refractivity contribution is 0.128. The van der Waals surface area contributed by atoms with Crippen LogP contribution < -0.4 is 5.32 Å². The van der Waals surface area contributed by atoms with E-state index in [-0.39, 0.29) is 6.04 Å². The largest absolute Gasteiger partial charge is 0.468 e. The summed E-state index contributed by atoms with van der Waals surface area (Å²) in [6.45, 7) is 4.72. The quantitative estimate of drug-likeness (QED) is 0.826. The van der Waals surface area contributed by atoms with Gasteiger partial charge in [-0.15, -0.1) is 0 Å². The summed E-state index contributed by atoms with van der Waals surface area (Å²) in [6, 6.07) is 5.69. The van der Waals surface area contributed by atoms with E-state index in [4.69, 9.17) is 8.83 Å². The fourth-order valence-electron chi connectivity index (χ4n) is 1.87. The van der Waals surface area contributed by atoms with E-state index < -0.39 is 6.10 Å². The number of nitrogens with one attached hydrogen (secondary N) is 1. The van der Waals surface area contributed by atoms with Crippen molar-refractivity contribution in [3.05, 3.63) is 47.8 Å². The Bertz CT molecular complexity index is 461. The molecule has 0 spiro atoms. The molecule has 98 valence electrons. The molecular weight excluding hydrogens is 230 g/mol. The van der Waals surface area contributed by atoms with E-state index >= 15 is 0 Å². The van der Waals surface area contributed by atoms with E-state index in [0.717, 1.165) is 11.3 Å². The maximum absolute atomic E-state index is 9.93. The molecule has 0 amide bonds. The van der Waals surface area contributed by atoms with Gasteiger partial charge in [-0.25, -0.2) is 0 Å². The number of hydrogen-bond acceptors (Lipinski definition) is 4. The van der Waals surface area contributed by atoms with Crippen molar-refractivity contribution in [2.45, 2.75) is 39.0 Å². The molecule has 2 atom stereocenters. The smallest absolute Gasteiger partial charge is 0.132 e. The highest BCUT2D eigenvalue weighted by molar-refractivity contribution is 5.14. The molecule has 0 aliphatic heterocycles. The molecule has 2 heterocycles. The summed E-state index contributed by atoms with van der Waals surface area (Å²) in [7, 11) is 0. The van der Waals surface area contributed by atoms with Crippen molar-refractivity contribution in [1.29, 1.82) is 0 Å². The molecule has 2 aromatic heterocycles. The van der Waals surface area contributed by atoms with Crippen molar-refractivity contribution < 1.29 is 13.9 Å². The lowest BCUT2D eigenvalue weighted by Gasteiger charge is -2.16. The minimum atomic E-state index is -0.569. The average molecular weight is 249 g/mol. The zero-order valence-corrected chi connectivity index (χ0v) is 10.7. The Morgan fingerprint density at radius 1 is 1.28 bits per heavy atom. The van der Waals surface area contributed by atoms with Gasteiger partial charge in [0.2, 0.25) is 0 Å². The van der Waals surface area contributed by atoms with E-state index in [1.54, 1.807) is 24.7 Å². The molecule has 2 N–H and O–H groups in total. The molecule has 0 aliphatic carbocycles. The van der Waals surface area contributed by atoms with Crippen LogP contribution in [0.4, 0.5) is 0 Å². The number of aliphatic hydroxyl groups excluding tert-OH is 1. The molecule has 0 saturated heterocycles. The van der Waals surface area contributed by atoms with Crippen LogP contribution in [0.25, 0.3) is 0 Å². The van der Waals surface area contributed by atoms with Crippen molar-refractivity contribution in [1.82, 2.24) is 5.32 Å². The summed E-state index contributed by atoms with van der Waals surface area (Å²) < 4.78 is 10.5. The van der Waals surface area contributed by atoms with Crippen LogP contribution in [0.15, 0.2) is 39.6 Å². The van der Waals surface area contributed by atoms with Gasteiger partial charge in [-0.2, -0.15) is 0 Å². The Balaban J connectivity index is 1.79. The van der Waals surface area contributed by atoms with Crippen molar-refractivity contribution in [2.75, 3.05) is 0 Å². The normalized spacial score (nSPS) is 14.6. The van der Waals surface area contributed by atoms with Crippen LogP contribution in [0.3, 0.4) is 0 Å². The van der Waals surface area contributed by atoms with Gasteiger partial charge < -0.3 is 19.3 Å². The predicted octanol–water partition coefficient (Wildman–Crippen LogP) is 2.78. The van der Waals surface area contributed by atoms with Crippen LogP contribution >= 0.6 is 0 Å². The van der Waals surface area contributed by atoms with Crippen molar-refractivity contribution in [3.63, 3.8) is 0 Å². The van der Waals surface area contributed by atoms with Gasteiger partial charge in [-0.1, -0.05) is 0 Å². The molecule has 4 nitrogen and oxygen atoms in total. The Kier molecular flexibility index (Phi) is 4.23. The molecule has 0 aromatic carbocycles. The lowest BCUT2D eigenvalue weighted by atomic mass is 10.1. The first-order chi connectivity index (χ1) is 8.66. The van der Waals surface area contributed by atoms with Crippen molar-refractivity contribution in [2.24, 2.45) is 0 Å². The number of aliphatic hydroxyl groups is 1. The number of aryl methyl sites for hydroxylation is 1. The third-order valence-corrected chi connectivity index (χ3v) is 3.03. The first-order valence-corrected chi connectivity index (χ1v) is 6.14. The van der Waals surface area contributed by atoms with Gasteiger partial charge >= 0.3 is 0 Å². The minimum Gasteiger partial charge on any atom is -0.468 e. The molecule has 2 unspecified atom stereocenters. The van der Waals surface area contributed by atoms with Gasteiger partial charge in [0.15, 0.2) is 0 Å². The third kappa shape index (κ3) is 3.24. The average Bonchev–Trinajstić information content (AvgIpc) is 2.97. The van der Waals surface area contributed by atoms with Crippen LogP contribution in [0.2, 0.25) is 0 Å². The second-order valence-electron chi connectivity index (χ2n) is 4.58. The van der Waals surface area contributed by atoms with Gasteiger partial charge in [-0.05, 0) is 44.0 Å². The first-order valence-electron chi connectivity index (χ1n) is 6.14. The molecule has 18 heavy (non-hydrogen) atoms.